The molecule has 0 aromatic rings. The lowest BCUT2D eigenvalue weighted by Crippen LogP contribution is -2.62. The minimum atomic E-state index is -0.795. The fourth-order valence-corrected chi connectivity index (χ4v) is 7.84. The summed E-state index contributed by atoms with van der Waals surface area (Å²) in [5, 5.41) is 12.0. The number of amides is 5. The number of carbonyl (C=O) groups excluding carboxylic acids is 5. The van der Waals surface area contributed by atoms with Crippen molar-refractivity contribution in [3.05, 3.63) is 0 Å². The van der Waals surface area contributed by atoms with E-state index in [1.54, 1.807) is 7.05 Å². The van der Waals surface area contributed by atoms with Crippen molar-refractivity contribution in [3.8, 4) is 0 Å². The fourth-order valence-electron chi connectivity index (χ4n) is 7.84. The number of carbonyl (C=O) groups is 5. The number of nitrogens with one attached hydrogen (secondary N) is 4. The Labute approximate surface area is 271 Å². The van der Waals surface area contributed by atoms with Crippen molar-refractivity contribution in [2.45, 2.75) is 155 Å². The summed E-state index contributed by atoms with van der Waals surface area (Å²) in [7, 11) is 1.68. The third-order valence-corrected chi connectivity index (χ3v) is 10.3. The first-order valence-corrected chi connectivity index (χ1v) is 18.0. The minimum Gasteiger partial charge on any atom is -0.355 e. The molecule has 3 saturated carbocycles. The average Bonchev–Trinajstić information content (AvgIpc) is 3.04. The summed E-state index contributed by atoms with van der Waals surface area (Å²) in [6, 6.07) is -2.89. The summed E-state index contributed by atoms with van der Waals surface area (Å²) in [5.41, 5.74) is 0. The Morgan fingerprint density at radius 3 is 1.42 bits per heavy atom. The third-order valence-electron chi connectivity index (χ3n) is 10.3. The predicted molar refractivity (Wildman–Crippen MR) is 176 cm³/mol. The van der Waals surface area contributed by atoms with E-state index >= 15 is 0 Å². The molecule has 0 heterocycles. The zero-order valence-corrected chi connectivity index (χ0v) is 28.6. The average molecular weight is 632 g/mol. The number of hydrogen-bond donors (Lipinski definition) is 4. The highest BCUT2D eigenvalue weighted by Crippen LogP contribution is 2.31. The highest BCUT2D eigenvalue weighted by molar-refractivity contribution is 5.95. The number of hydrogen-bond acceptors (Lipinski definition) is 5. The largest absolute Gasteiger partial charge is 0.355 e. The van der Waals surface area contributed by atoms with Crippen molar-refractivity contribution in [1.82, 2.24) is 26.2 Å². The van der Waals surface area contributed by atoms with Crippen LogP contribution in [0.1, 0.15) is 130 Å². The molecule has 256 valence electrons. The summed E-state index contributed by atoms with van der Waals surface area (Å²) < 4.78 is 0. The second-order valence-corrected chi connectivity index (χ2v) is 14.3. The molecule has 10 heteroatoms. The van der Waals surface area contributed by atoms with Crippen LogP contribution in [0.25, 0.3) is 0 Å². The number of likely N-dealkylation sites (N-methyl/N-ethyl adjacent to an activating group) is 2. The van der Waals surface area contributed by atoms with Gasteiger partial charge in [-0.15, -0.1) is 0 Å². The molecule has 5 amide bonds. The number of rotatable bonds is 14. The zero-order valence-electron chi connectivity index (χ0n) is 28.6. The van der Waals surface area contributed by atoms with Gasteiger partial charge >= 0.3 is 0 Å². The van der Waals surface area contributed by atoms with Crippen LogP contribution in [0.4, 0.5) is 0 Å². The topological polar surface area (TPSA) is 137 Å². The first-order valence-electron chi connectivity index (χ1n) is 18.0. The van der Waals surface area contributed by atoms with E-state index in [1.165, 1.54) is 11.8 Å². The summed E-state index contributed by atoms with van der Waals surface area (Å²) >= 11 is 0. The van der Waals surface area contributed by atoms with Crippen LogP contribution in [0.5, 0.6) is 0 Å². The van der Waals surface area contributed by atoms with Gasteiger partial charge in [0, 0.05) is 20.5 Å². The maximum atomic E-state index is 14.3. The van der Waals surface area contributed by atoms with Crippen molar-refractivity contribution in [2.24, 2.45) is 23.7 Å². The Morgan fingerprint density at radius 1 is 0.622 bits per heavy atom. The van der Waals surface area contributed by atoms with Gasteiger partial charge in [0.05, 0.1) is 0 Å². The highest BCUT2D eigenvalue weighted by Gasteiger charge is 2.41. The molecule has 0 aliphatic heterocycles. The van der Waals surface area contributed by atoms with E-state index in [0.29, 0.717) is 13.0 Å². The van der Waals surface area contributed by atoms with Gasteiger partial charge in [-0.3, -0.25) is 24.0 Å². The van der Waals surface area contributed by atoms with E-state index in [1.807, 2.05) is 20.8 Å². The van der Waals surface area contributed by atoms with E-state index in [4.69, 9.17) is 0 Å². The van der Waals surface area contributed by atoms with Gasteiger partial charge in [0.2, 0.25) is 29.5 Å². The van der Waals surface area contributed by atoms with Crippen molar-refractivity contribution in [2.75, 3.05) is 13.6 Å². The lowest BCUT2D eigenvalue weighted by Gasteiger charge is -2.38. The zero-order chi connectivity index (χ0) is 32.9. The highest BCUT2D eigenvalue weighted by atomic mass is 16.2. The van der Waals surface area contributed by atoms with E-state index < -0.39 is 24.2 Å². The maximum absolute atomic E-state index is 14.3. The van der Waals surface area contributed by atoms with Crippen LogP contribution in [-0.4, -0.2) is 72.2 Å². The minimum absolute atomic E-state index is 0.0371. The van der Waals surface area contributed by atoms with Gasteiger partial charge < -0.3 is 26.2 Å². The molecule has 3 aliphatic carbocycles. The van der Waals surface area contributed by atoms with E-state index in [-0.39, 0.29) is 53.2 Å². The first-order chi connectivity index (χ1) is 21.5. The van der Waals surface area contributed by atoms with Crippen molar-refractivity contribution < 1.29 is 24.0 Å². The standard InChI is InChI=1S/C35H61N5O5/c1-6-36-32(42)28(22-23(2)3)40(5)35(45)31(27-20-14-9-15-21-27)39-34(44)30(26-18-12-8-13-19-26)38-33(43)29(37-24(4)41)25-16-10-7-11-17-25/h23,25-31H,6-22H2,1-5H3,(H,36,42)(H,37,41)(H,38,43)(H,39,44)/t28-,29-,30-,31-/m1/s1. The molecule has 10 nitrogen and oxygen atoms in total. The van der Waals surface area contributed by atoms with Gasteiger partial charge in [0.15, 0.2) is 0 Å². The normalized spacial score (nSPS) is 21.2. The van der Waals surface area contributed by atoms with Crippen LogP contribution < -0.4 is 21.3 Å². The lowest BCUT2D eigenvalue weighted by molar-refractivity contribution is -0.144. The molecule has 45 heavy (non-hydrogen) atoms. The van der Waals surface area contributed by atoms with Gasteiger partial charge in [-0.25, -0.2) is 0 Å². The molecular weight excluding hydrogens is 570 g/mol. The monoisotopic (exact) mass is 631 g/mol. The van der Waals surface area contributed by atoms with Crippen LogP contribution in [0.15, 0.2) is 0 Å². The van der Waals surface area contributed by atoms with Crippen LogP contribution in [0.2, 0.25) is 0 Å². The molecular formula is C35H61N5O5. The molecule has 0 spiro atoms. The molecule has 3 aliphatic rings. The van der Waals surface area contributed by atoms with Gasteiger partial charge in [-0.05, 0) is 75.5 Å². The second-order valence-electron chi connectivity index (χ2n) is 14.3. The summed E-state index contributed by atoms with van der Waals surface area (Å²) in [6.07, 6.45) is 14.9. The van der Waals surface area contributed by atoms with E-state index in [9.17, 15) is 24.0 Å². The molecule has 3 fully saturated rings. The molecule has 0 bridgehead atoms. The predicted octanol–water partition coefficient (Wildman–Crippen LogP) is 4.21. The molecule has 0 unspecified atom stereocenters. The van der Waals surface area contributed by atoms with Crippen LogP contribution in [0, 0.1) is 23.7 Å². The lowest BCUT2D eigenvalue weighted by atomic mass is 9.80. The Bertz CT molecular complexity index is 985. The Hall–Kier alpha value is -2.65. The molecule has 4 atom stereocenters. The third kappa shape index (κ3) is 11.0. The quantitative estimate of drug-likeness (QED) is 0.228. The maximum Gasteiger partial charge on any atom is 0.245 e. The molecule has 4 N–H and O–H groups in total. The Balaban J connectivity index is 1.88. The summed E-state index contributed by atoms with van der Waals surface area (Å²) in [5.74, 6) is -1.19. The second kappa shape index (κ2) is 18.5. The fraction of sp³-hybridized carbons (Fsp3) is 0.857. The molecule has 0 radical (unpaired) electrons. The Kier molecular flexibility index (Phi) is 15.1. The molecule has 0 aromatic carbocycles. The smallest absolute Gasteiger partial charge is 0.245 e. The van der Waals surface area contributed by atoms with Crippen molar-refractivity contribution in [1.29, 1.82) is 0 Å². The molecule has 0 aromatic heterocycles. The summed E-state index contributed by atoms with van der Waals surface area (Å²) in [4.78, 5) is 69.2. The summed E-state index contributed by atoms with van der Waals surface area (Å²) in [6.45, 7) is 7.83. The van der Waals surface area contributed by atoms with Gasteiger partial charge in [0.25, 0.3) is 0 Å². The van der Waals surface area contributed by atoms with Crippen LogP contribution in [-0.2, 0) is 24.0 Å². The molecule has 0 saturated heterocycles. The molecule has 3 rings (SSSR count). The van der Waals surface area contributed by atoms with Gasteiger partial charge in [-0.1, -0.05) is 71.6 Å². The van der Waals surface area contributed by atoms with Crippen molar-refractivity contribution >= 4 is 29.5 Å². The van der Waals surface area contributed by atoms with Gasteiger partial charge in [0.1, 0.15) is 24.2 Å². The van der Waals surface area contributed by atoms with E-state index in [2.05, 4.69) is 21.3 Å². The van der Waals surface area contributed by atoms with Gasteiger partial charge in [-0.2, -0.15) is 0 Å². The Morgan fingerprint density at radius 2 is 1.02 bits per heavy atom. The van der Waals surface area contributed by atoms with Crippen LogP contribution in [0.3, 0.4) is 0 Å². The van der Waals surface area contributed by atoms with Crippen LogP contribution >= 0.6 is 0 Å². The first kappa shape index (κ1) is 36.8. The van der Waals surface area contributed by atoms with E-state index in [0.717, 1.165) is 96.3 Å². The SMILES string of the molecule is CCNC(=O)[C@@H](CC(C)C)N(C)C(=O)[C@H](NC(=O)[C@H](NC(=O)[C@H](NC(C)=O)C1CCCCC1)C1CCCCC1)C1CCCCC1. The van der Waals surface area contributed by atoms with Crippen molar-refractivity contribution in [3.63, 3.8) is 0 Å². The number of nitrogens with zero attached hydrogens (tertiary/aromatic N) is 1.